The lowest BCUT2D eigenvalue weighted by Crippen LogP contribution is -2.22. The van der Waals surface area contributed by atoms with Crippen LogP contribution in [0.4, 0.5) is 0 Å². The Balaban J connectivity index is 3.03. The van der Waals surface area contributed by atoms with Gasteiger partial charge in [0.1, 0.15) is 0 Å². The van der Waals surface area contributed by atoms with Gasteiger partial charge in [0, 0.05) is 38.4 Å². The van der Waals surface area contributed by atoms with Crippen molar-refractivity contribution in [3.63, 3.8) is 0 Å². The van der Waals surface area contributed by atoms with Crippen molar-refractivity contribution in [1.29, 1.82) is 0 Å². The first-order chi connectivity index (χ1) is 8.16. The molecule has 100 valence electrons. The third kappa shape index (κ3) is 13.5. The summed E-state index contributed by atoms with van der Waals surface area (Å²) >= 11 is 0. The summed E-state index contributed by atoms with van der Waals surface area (Å²) in [6.07, 6.45) is 0.414. The van der Waals surface area contributed by atoms with Gasteiger partial charge in [0.2, 0.25) is 11.8 Å². The van der Waals surface area contributed by atoms with Crippen LogP contribution >= 0.6 is 21.6 Å². The van der Waals surface area contributed by atoms with Gasteiger partial charge in [-0.1, -0.05) is 21.6 Å². The Hall–Kier alpha value is -0.400. The lowest BCUT2D eigenvalue weighted by molar-refractivity contribution is -0.121. The summed E-state index contributed by atoms with van der Waals surface area (Å²) in [7, 11) is 5.03. The number of rotatable bonds is 10. The van der Waals surface area contributed by atoms with Gasteiger partial charge in [-0.25, -0.2) is 0 Å². The Morgan fingerprint density at radius 1 is 1.18 bits per heavy atom. The first-order valence-electron chi connectivity index (χ1n) is 5.44. The van der Waals surface area contributed by atoms with Gasteiger partial charge in [-0.15, -0.1) is 0 Å². The highest BCUT2D eigenvalue weighted by Crippen LogP contribution is 2.19. The fourth-order valence-electron chi connectivity index (χ4n) is 0.871. The van der Waals surface area contributed by atoms with Crippen LogP contribution in [0.15, 0.2) is 0 Å². The van der Waals surface area contributed by atoms with E-state index in [0.29, 0.717) is 26.2 Å². The van der Waals surface area contributed by atoms with Crippen molar-refractivity contribution in [2.75, 3.05) is 38.3 Å². The van der Waals surface area contributed by atoms with E-state index in [2.05, 4.69) is 10.6 Å². The lowest BCUT2D eigenvalue weighted by Gasteiger charge is -2.04. The molecule has 0 saturated carbocycles. The maximum atomic E-state index is 10.8. The van der Waals surface area contributed by atoms with Gasteiger partial charge in [0.15, 0.2) is 0 Å². The van der Waals surface area contributed by atoms with E-state index in [9.17, 15) is 9.59 Å². The summed E-state index contributed by atoms with van der Waals surface area (Å²) in [6.45, 7) is 3.33. The van der Waals surface area contributed by atoms with Crippen LogP contribution in [0.3, 0.4) is 0 Å². The molecule has 0 rings (SSSR count). The standard InChI is InChI=1S/C10H20N2O3S2/c1-9(13)12-4-7-16-17-8-6-15-5-3-10(14)11-2/h3-8H2,1-2H3,(H,11,14)(H,12,13). The minimum absolute atomic E-state index is 0.00216. The molecule has 0 heterocycles. The van der Waals surface area contributed by atoms with Gasteiger partial charge in [-0.05, 0) is 0 Å². The van der Waals surface area contributed by atoms with Crippen molar-refractivity contribution < 1.29 is 14.3 Å². The molecule has 2 amide bonds. The molecule has 0 aromatic heterocycles. The van der Waals surface area contributed by atoms with Crippen molar-refractivity contribution in [3.8, 4) is 0 Å². The normalized spacial score (nSPS) is 10.0. The highest BCUT2D eigenvalue weighted by atomic mass is 33.1. The molecule has 0 fully saturated rings. The number of hydrogen-bond acceptors (Lipinski definition) is 5. The van der Waals surface area contributed by atoms with Crippen molar-refractivity contribution in [1.82, 2.24) is 10.6 Å². The minimum atomic E-state index is 0.00216. The number of amides is 2. The van der Waals surface area contributed by atoms with Crippen LogP contribution in [-0.4, -0.2) is 50.1 Å². The molecular weight excluding hydrogens is 260 g/mol. The SMILES string of the molecule is CNC(=O)CCOCCSSCCNC(C)=O. The zero-order valence-electron chi connectivity index (χ0n) is 10.3. The van der Waals surface area contributed by atoms with Crippen LogP contribution in [0.25, 0.3) is 0 Å². The number of carbonyl (C=O) groups excluding carboxylic acids is 2. The first-order valence-corrected chi connectivity index (χ1v) is 7.92. The molecule has 17 heavy (non-hydrogen) atoms. The summed E-state index contributed by atoms with van der Waals surface area (Å²) in [6, 6.07) is 0. The number of carbonyl (C=O) groups is 2. The van der Waals surface area contributed by atoms with Gasteiger partial charge in [0.05, 0.1) is 13.2 Å². The molecule has 0 unspecified atom stereocenters. The molecule has 0 atom stereocenters. The average Bonchev–Trinajstić information content (AvgIpc) is 2.30. The Kier molecular flexibility index (Phi) is 11.8. The van der Waals surface area contributed by atoms with E-state index in [1.165, 1.54) is 6.92 Å². The molecule has 0 radical (unpaired) electrons. The molecule has 0 spiro atoms. The van der Waals surface area contributed by atoms with Crippen molar-refractivity contribution in [2.45, 2.75) is 13.3 Å². The summed E-state index contributed by atoms with van der Waals surface area (Å²) < 4.78 is 5.29. The average molecular weight is 280 g/mol. The molecule has 0 aromatic carbocycles. The van der Waals surface area contributed by atoms with Crippen LogP contribution in [0.2, 0.25) is 0 Å². The van der Waals surface area contributed by atoms with Gasteiger partial charge in [0.25, 0.3) is 0 Å². The summed E-state index contributed by atoms with van der Waals surface area (Å²) in [4.78, 5) is 21.4. The van der Waals surface area contributed by atoms with Gasteiger partial charge < -0.3 is 15.4 Å². The van der Waals surface area contributed by atoms with E-state index in [1.807, 2.05) is 0 Å². The summed E-state index contributed by atoms with van der Waals surface area (Å²) in [5, 5.41) is 5.26. The monoisotopic (exact) mass is 280 g/mol. The molecule has 5 nitrogen and oxygen atoms in total. The third-order valence-corrected chi connectivity index (χ3v) is 4.08. The second-order valence-electron chi connectivity index (χ2n) is 3.16. The maximum absolute atomic E-state index is 10.8. The predicted molar refractivity (Wildman–Crippen MR) is 73.1 cm³/mol. The molecule has 0 bridgehead atoms. The Bertz CT molecular complexity index is 228. The predicted octanol–water partition coefficient (Wildman–Crippen LogP) is 0.657. The topological polar surface area (TPSA) is 67.4 Å². The van der Waals surface area contributed by atoms with Crippen molar-refractivity contribution >= 4 is 33.4 Å². The molecule has 2 N–H and O–H groups in total. The molecule has 7 heteroatoms. The van der Waals surface area contributed by atoms with Crippen molar-refractivity contribution in [3.05, 3.63) is 0 Å². The van der Waals surface area contributed by atoms with Gasteiger partial charge >= 0.3 is 0 Å². The van der Waals surface area contributed by atoms with Crippen LogP contribution in [0.5, 0.6) is 0 Å². The van der Waals surface area contributed by atoms with E-state index in [-0.39, 0.29) is 11.8 Å². The minimum Gasteiger partial charge on any atom is -0.380 e. The van der Waals surface area contributed by atoms with Crippen LogP contribution in [-0.2, 0) is 14.3 Å². The fourth-order valence-corrected chi connectivity index (χ4v) is 2.64. The number of nitrogens with one attached hydrogen (secondary N) is 2. The Morgan fingerprint density at radius 3 is 2.53 bits per heavy atom. The second kappa shape index (κ2) is 12.1. The largest absolute Gasteiger partial charge is 0.380 e. The molecule has 0 aliphatic rings. The molecule has 0 aliphatic carbocycles. The van der Waals surface area contributed by atoms with Gasteiger partial charge in [-0.2, -0.15) is 0 Å². The number of hydrogen-bond donors (Lipinski definition) is 2. The van der Waals surface area contributed by atoms with E-state index in [1.54, 1.807) is 28.6 Å². The molecule has 0 saturated heterocycles. The Labute approximate surface area is 110 Å². The van der Waals surface area contributed by atoms with E-state index >= 15 is 0 Å². The molecule has 0 aromatic rings. The van der Waals surface area contributed by atoms with Crippen molar-refractivity contribution in [2.24, 2.45) is 0 Å². The fraction of sp³-hybridized carbons (Fsp3) is 0.800. The number of ether oxygens (including phenoxy) is 1. The third-order valence-electron chi connectivity index (χ3n) is 1.71. The van der Waals surface area contributed by atoms with Crippen LogP contribution in [0.1, 0.15) is 13.3 Å². The smallest absolute Gasteiger partial charge is 0.222 e. The molecule has 0 aliphatic heterocycles. The van der Waals surface area contributed by atoms with E-state index < -0.39 is 0 Å². The quantitative estimate of drug-likeness (QED) is 0.454. The van der Waals surface area contributed by atoms with Gasteiger partial charge in [-0.3, -0.25) is 9.59 Å². The first kappa shape index (κ1) is 16.6. The Morgan fingerprint density at radius 2 is 1.88 bits per heavy atom. The second-order valence-corrected chi connectivity index (χ2v) is 5.86. The van der Waals surface area contributed by atoms with Crippen LogP contribution < -0.4 is 10.6 Å². The summed E-state index contributed by atoms with van der Waals surface area (Å²) in [5.41, 5.74) is 0. The zero-order valence-corrected chi connectivity index (χ0v) is 11.9. The highest BCUT2D eigenvalue weighted by Gasteiger charge is 1.97. The highest BCUT2D eigenvalue weighted by molar-refractivity contribution is 8.76. The molecular formula is C10H20N2O3S2. The van der Waals surface area contributed by atoms with E-state index in [4.69, 9.17) is 4.74 Å². The zero-order chi connectivity index (χ0) is 12.9. The lowest BCUT2D eigenvalue weighted by atomic mass is 10.4. The van der Waals surface area contributed by atoms with Crippen LogP contribution in [0, 0.1) is 0 Å². The maximum Gasteiger partial charge on any atom is 0.222 e. The van der Waals surface area contributed by atoms with E-state index in [0.717, 1.165) is 11.5 Å². The summed E-state index contributed by atoms with van der Waals surface area (Å²) in [5.74, 6) is 1.79.